The molecule has 5 heteroatoms. The third-order valence-corrected chi connectivity index (χ3v) is 5.51. The van der Waals surface area contributed by atoms with Crippen LogP contribution in [0.4, 0.5) is 0 Å². The van der Waals surface area contributed by atoms with Gasteiger partial charge in [0.1, 0.15) is 0 Å². The predicted octanol–water partition coefficient (Wildman–Crippen LogP) is 4.28. The van der Waals surface area contributed by atoms with Crippen molar-refractivity contribution >= 4 is 11.8 Å². The minimum absolute atomic E-state index is 0.0636. The Morgan fingerprint density at radius 2 is 1.41 bits per heavy atom. The molecular formula is C27H31N3O2. The van der Waals surface area contributed by atoms with E-state index >= 15 is 0 Å². The lowest BCUT2D eigenvalue weighted by Crippen LogP contribution is -2.37. The highest BCUT2D eigenvalue weighted by molar-refractivity contribution is 5.94. The second-order valence-electron chi connectivity index (χ2n) is 8.20. The van der Waals surface area contributed by atoms with E-state index in [1.165, 1.54) is 5.56 Å². The molecule has 0 aliphatic heterocycles. The first-order chi connectivity index (χ1) is 15.4. The van der Waals surface area contributed by atoms with Crippen LogP contribution in [0.5, 0.6) is 0 Å². The molecule has 0 fully saturated rings. The summed E-state index contributed by atoms with van der Waals surface area (Å²) in [5.74, 6) is -0.302. The number of amides is 2. The lowest BCUT2D eigenvalue weighted by Gasteiger charge is -2.26. The van der Waals surface area contributed by atoms with Gasteiger partial charge in [-0.25, -0.2) is 0 Å². The van der Waals surface area contributed by atoms with Crippen molar-refractivity contribution in [3.63, 3.8) is 0 Å². The van der Waals surface area contributed by atoms with Gasteiger partial charge in [0.25, 0.3) is 5.91 Å². The molecule has 2 amide bonds. The number of rotatable bonds is 9. The molecule has 0 aliphatic carbocycles. The van der Waals surface area contributed by atoms with Crippen LogP contribution < -0.4 is 10.6 Å². The molecule has 0 bridgehead atoms. The van der Waals surface area contributed by atoms with Crippen LogP contribution in [0, 0.1) is 6.92 Å². The number of likely N-dealkylation sites (N-methyl/N-ethyl adjacent to an activating group) is 1. The molecule has 166 valence electrons. The van der Waals surface area contributed by atoms with Crippen molar-refractivity contribution < 1.29 is 9.59 Å². The van der Waals surface area contributed by atoms with Gasteiger partial charge in [0.15, 0.2) is 0 Å². The van der Waals surface area contributed by atoms with Crippen molar-refractivity contribution in [2.75, 3.05) is 20.6 Å². The Kier molecular flexibility index (Phi) is 8.17. The van der Waals surface area contributed by atoms with Gasteiger partial charge >= 0.3 is 0 Å². The van der Waals surface area contributed by atoms with Gasteiger partial charge in [0.2, 0.25) is 5.91 Å². The van der Waals surface area contributed by atoms with Crippen molar-refractivity contribution in [3.05, 3.63) is 107 Å². The summed E-state index contributed by atoms with van der Waals surface area (Å²) in [6.07, 6.45) is 0.163. The molecule has 5 nitrogen and oxygen atoms in total. The summed E-state index contributed by atoms with van der Waals surface area (Å²) in [6.45, 7) is 2.55. The van der Waals surface area contributed by atoms with Crippen LogP contribution in [0.1, 0.15) is 45.6 Å². The normalized spacial score (nSPS) is 12.8. The lowest BCUT2D eigenvalue weighted by molar-refractivity contribution is -0.121. The minimum atomic E-state index is -0.416. The second kappa shape index (κ2) is 11.3. The van der Waals surface area contributed by atoms with E-state index in [-0.39, 0.29) is 24.3 Å². The number of nitrogens with one attached hydrogen (secondary N) is 2. The molecule has 0 radical (unpaired) electrons. The molecule has 0 saturated carbocycles. The van der Waals surface area contributed by atoms with Crippen LogP contribution in [0.15, 0.2) is 84.9 Å². The fourth-order valence-corrected chi connectivity index (χ4v) is 3.62. The monoisotopic (exact) mass is 429 g/mol. The largest absolute Gasteiger partial charge is 0.354 e. The quantitative estimate of drug-likeness (QED) is 0.534. The van der Waals surface area contributed by atoms with Gasteiger partial charge in [0, 0.05) is 12.1 Å². The van der Waals surface area contributed by atoms with E-state index in [4.69, 9.17) is 0 Å². The fraction of sp³-hybridized carbons (Fsp3) is 0.259. The van der Waals surface area contributed by atoms with Crippen molar-refractivity contribution in [1.29, 1.82) is 0 Å². The third kappa shape index (κ3) is 6.53. The number of hydrogen-bond donors (Lipinski definition) is 2. The van der Waals surface area contributed by atoms with Crippen molar-refractivity contribution in [2.24, 2.45) is 0 Å². The summed E-state index contributed by atoms with van der Waals surface area (Å²) >= 11 is 0. The topological polar surface area (TPSA) is 61.4 Å². The highest BCUT2D eigenvalue weighted by Gasteiger charge is 2.21. The fourth-order valence-electron chi connectivity index (χ4n) is 3.62. The number of aryl methyl sites for hydroxylation is 1. The molecule has 0 unspecified atom stereocenters. The first-order valence-electron chi connectivity index (χ1n) is 10.8. The van der Waals surface area contributed by atoms with Gasteiger partial charge in [-0.3, -0.25) is 9.59 Å². The van der Waals surface area contributed by atoms with Crippen LogP contribution in [0.25, 0.3) is 0 Å². The summed E-state index contributed by atoms with van der Waals surface area (Å²) < 4.78 is 0. The number of nitrogens with zero attached hydrogens (tertiary/aromatic N) is 1. The molecule has 2 atom stereocenters. The Morgan fingerprint density at radius 1 is 0.812 bits per heavy atom. The summed E-state index contributed by atoms with van der Waals surface area (Å²) in [7, 11) is 4.01. The maximum atomic E-state index is 12.9. The summed E-state index contributed by atoms with van der Waals surface area (Å²) in [5.41, 5.74) is 3.82. The Morgan fingerprint density at radius 3 is 2.00 bits per heavy atom. The van der Waals surface area contributed by atoms with Crippen molar-refractivity contribution in [1.82, 2.24) is 15.5 Å². The molecule has 0 heterocycles. The van der Waals surface area contributed by atoms with Crippen LogP contribution >= 0.6 is 0 Å². The molecule has 3 aromatic carbocycles. The molecule has 2 N–H and O–H groups in total. The van der Waals surface area contributed by atoms with Crippen molar-refractivity contribution in [3.8, 4) is 0 Å². The van der Waals surface area contributed by atoms with Gasteiger partial charge in [0.05, 0.1) is 18.5 Å². The van der Waals surface area contributed by atoms with E-state index in [0.717, 1.165) is 11.1 Å². The Hall–Kier alpha value is -3.44. The Labute approximate surface area is 190 Å². The van der Waals surface area contributed by atoms with Gasteiger partial charge < -0.3 is 15.5 Å². The van der Waals surface area contributed by atoms with E-state index in [0.29, 0.717) is 12.1 Å². The van der Waals surface area contributed by atoms with Crippen LogP contribution in [-0.4, -0.2) is 37.4 Å². The van der Waals surface area contributed by atoms with Crippen LogP contribution in [0.3, 0.4) is 0 Å². The third-order valence-electron chi connectivity index (χ3n) is 5.51. The van der Waals surface area contributed by atoms with Crippen LogP contribution in [0.2, 0.25) is 0 Å². The van der Waals surface area contributed by atoms with Crippen LogP contribution in [-0.2, 0) is 4.79 Å². The van der Waals surface area contributed by atoms with E-state index in [9.17, 15) is 9.59 Å². The van der Waals surface area contributed by atoms with E-state index < -0.39 is 6.04 Å². The van der Waals surface area contributed by atoms with Gasteiger partial charge in [-0.2, -0.15) is 0 Å². The highest BCUT2D eigenvalue weighted by Crippen LogP contribution is 2.20. The summed E-state index contributed by atoms with van der Waals surface area (Å²) in [4.78, 5) is 27.7. The van der Waals surface area contributed by atoms with Crippen molar-refractivity contribution in [2.45, 2.75) is 25.4 Å². The highest BCUT2D eigenvalue weighted by atomic mass is 16.2. The Balaban J connectivity index is 1.67. The lowest BCUT2D eigenvalue weighted by atomic mass is 10.0. The standard InChI is InChI=1S/C27H31N3O2/c1-20-14-16-22(17-15-20)25(30(2)3)19-28-26(31)18-24(21-10-6-4-7-11-21)29-27(32)23-12-8-5-9-13-23/h4-17,24-25H,18-19H2,1-3H3,(H,28,31)(H,29,32)/t24-,25+/m1/s1. The molecular weight excluding hydrogens is 398 g/mol. The smallest absolute Gasteiger partial charge is 0.251 e. The molecule has 3 aromatic rings. The SMILES string of the molecule is Cc1ccc([C@H](CNC(=O)C[C@@H](NC(=O)c2ccccc2)c2ccccc2)N(C)C)cc1. The second-order valence-corrected chi connectivity index (χ2v) is 8.20. The number of carbonyl (C=O) groups is 2. The number of carbonyl (C=O) groups excluding carboxylic acids is 2. The average Bonchev–Trinajstić information content (AvgIpc) is 2.81. The molecule has 0 aromatic heterocycles. The first kappa shape index (κ1) is 23.2. The zero-order chi connectivity index (χ0) is 22.9. The summed E-state index contributed by atoms with van der Waals surface area (Å²) in [6, 6.07) is 26.7. The van der Waals surface area contributed by atoms with E-state index in [1.54, 1.807) is 12.1 Å². The van der Waals surface area contributed by atoms with E-state index in [2.05, 4.69) is 46.7 Å². The van der Waals surface area contributed by atoms with E-state index in [1.807, 2.05) is 62.6 Å². The maximum absolute atomic E-state index is 12.9. The summed E-state index contributed by atoms with van der Waals surface area (Å²) in [5, 5.41) is 6.08. The zero-order valence-corrected chi connectivity index (χ0v) is 18.9. The minimum Gasteiger partial charge on any atom is -0.354 e. The average molecular weight is 430 g/mol. The van der Waals surface area contributed by atoms with Gasteiger partial charge in [-0.05, 0) is 44.3 Å². The number of hydrogen-bond acceptors (Lipinski definition) is 3. The van der Waals surface area contributed by atoms with Gasteiger partial charge in [-0.15, -0.1) is 0 Å². The predicted molar refractivity (Wildman–Crippen MR) is 128 cm³/mol. The molecule has 0 saturated heterocycles. The molecule has 3 rings (SSSR count). The zero-order valence-electron chi connectivity index (χ0n) is 18.9. The Bertz CT molecular complexity index is 1000. The molecule has 0 aliphatic rings. The first-order valence-corrected chi connectivity index (χ1v) is 10.8. The number of benzene rings is 3. The molecule has 32 heavy (non-hydrogen) atoms. The maximum Gasteiger partial charge on any atom is 0.251 e. The van der Waals surface area contributed by atoms with Gasteiger partial charge in [-0.1, -0.05) is 78.4 Å². The molecule has 0 spiro atoms.